The van der Waals surface area contributed by atoms with E-state index in [9.17, 15) is 10.2 Å². The summed E-state index contributed by atoms with van der Waals surface area (Å²) in [6.07, 6.45) is 4.84. The molecule has 0 aromatic carbocycles. The lowest BCUT2D eigenvalue weighted by molar-refractivity contribution is -0.242. The fourth-order valence-electron chi connectivity index (χ4n) is 1.85. The molecule has 2 N–H and O–H groups in total. The lowest BCUT2D eigenvalue weighted by Crippen LogP contribution is -2.28. The van der Waals surface area contributed by atoms with Crippen LogP contribution in [-0.2, 0) is 9.47 Å². The predicted molar refractivity (Wildman–Crippen MR) is 54.1 cm³/mol. The summed E-state index contributed by atoms with van der Waals surface area (Å²) in [6, 6.07) is 0. The molecule has 4 heteroatoms. The minimum atomic E-state index is -0.794. The summed E-state index contributed by atoms with van der Waals surface area (Å²) in [7, 11) is 0. The molecule has 1 saturated heterocycles. The Labute approximate surface area is 90.2 Å². The highest BCUT2D eigenvalue weighted by Crippen LogP contribution is 2.39. The van der Waals surface area contributed by atoms with E-state index < -0.39 is 11.9 Å². The van der Waals surface area contributed by atoms with Crippen molar-refractivity contribution in [3.63, 3.8) is 0 Å². The first-order valence-electron chi connectivity index (χ1n) is 5.85. The highest BCUT2D eigenvalue weighted by Gasteiger charge is 2.40. The van der Waals surface area contributed by atoms with Gasteiger partial charge in [-0.25, -0.2) is 0 Å². The van der Waals surface area contributed by atoms with Crippen molar-refractivity contribution >= 4 is 0 Å². The van der Waals surface area contributed by atoms with Crippen LogP contribution in [0.5, 0.6) is 0 Å². The van der Waals surface area contributed by atoms with Crippen LogP contribution in [0.15, 0.2) is 0 Å². The Morgan fingerprint density at radius 1 is 1.40 bits per heavy atom. The van der Waals surface area contributed by atoms with Gasteiger partial charge in [-0.3, -0.25) is 0 Å². The average molecular weight is 216 g/mol. The second kappa shape index (κ2) is 4.78. The minimum Gasteiger partial charge on any atom is -0.390 e. The van der Waals surface area contributed by atoms with Gasteiger partial charge in [0.1, 0.15) is 0 Å². The van der Waals surface area contributed by atoms with E-state index in [1.165, 1.54) is 0 Å². The number of aliphatic hydroxyl groups is 2. The molecule has 1 aliphatic heterocycles. The zero-order chi connectivity index (χ0) is 10.7. The van der Waals surface area contributed by atoms with Crippen LogP contribution in [0.3, 0.4) is 0 Å². The molecule has 0 spiro atoms. The van der Waals surface area contributed by atoms with Gasteiger partial charge >= 0.3 is 0 Å². The summed E-state index contributed by atoms with van der Waals surface area (Å²) >= 11 is 0. The smallest absolute Gasteiger partial charge is 0.160 e. The summed E-state index contributed by atoms with van der Waals surface area (Å²) in [5, 5.41) is 19.2. The molecule has 2 aliphatic rings. The highest BCUT2D eigenvalue weighted by atomic mass is 16.7. The molecule has 0 aromatic rings. The first-order valence-corrected chi connectivity index (χ1v) is 5.85. The lowest BCUT2D eigenvalue weighted by atomic mass is 10.1. The van der Waals surface area contributed by atoms with E-state index in [4.69, 9.17) is 9.47 Å². The first kappa shape index (κ1) is 11.3. The topological polar surface area (TPSA) is 58.9 Å². The first-order chi connectivity index (χ1) is 7.18. The molecule has 0 radical (unpaired) electrons. The molecule has 1 aliphatic carbocycles. The van der Waals surface area contributed by atoms with Gasteiger partial charge in [0, 0.05) is 13.0 Å². The molecule has 0 amide bonds. The number of ether oxygens (including phenoxy) is 2. The van der Waals surface area contributed by atoms with Crippen molar-refractivity contribution < 1.29 is 19.7 Å². The van der Waals surface area contributed by atoms with Crippen LogP contribution in [0.1, 0.15) is 44.9 Å². The Morgan fingerprint density at radius 3 is 2.80 bits per heavy atom. The average Bonchev–Trinajstić information content (AvgIpc) is 2.96. The molecule has 88 valence electrons. The number of hydrogen-bond donors (Lipinski definition) is 2. The maximum Gasteiger partial charge on any atom is 0.160 e. The van der Waals surface area contributed by atoms with Crippen molar-refractivity contribution in [1.29, 1.82) is 0 Å². The van der Waals surface area contributed by atoms with E-state index in [-0.39, 0.29) is 6.29 Å². The fourth-order valence-corrected chi connectivity index (χ4v) is 1.85. The van der Waals surface area contributed by atoms with Crippen LogP contribution >= 0.6 is 0 Å². The van der Waals surface area contributed by atoms with Gasteiger partial charge in [-0.2, -0.15) is 0 Å². The van der Waals surface area contributed by atoms with Crippen LogP contribution in [0.4, 0.5) is 0 Å². The highest BCUT2D eigenvalue weighted by molar-refractivity contribution is 4.92. The van der Waals surface area contributed by atoms with Gasteiger partial charge in [-0.1, -0.05) is 0 Å². The van der Waals surface area contributed by atoms with Gasteiger partial charge in [0.15, 0.2) is 12.6 Å². The second-order valence-electron chi connectivity index (χ2n) is 4.65. The van der Waals surface area contributed by atoms with Gasteiger partial charge in [0.25, 0.3) is 0 Å². The number of hydrogen-bond acceptors (Lipinski definition) is 4. The monoisotopic (exact) mass is 216 g/mol. The molecule has 2 rings (SSSR count). The standard InChI is InChI=1S/C11H20O4/c12-9(4-5-11(13)6-7-11)15-10-3-1-2-8-14-10/h9-10,12-13H,1-8H2/t9-,10?/m0/s1. The van der Waals surface area contributed by atoms with E-state index in [1.807, 2.05) is 0 Å². The largest absolute Gasteiger partial charge is 0.390 e. The summed E-state index contributed by atoms with van der Waals surface area (Å²) in [5.41, 5.74) is -0.502. The van der Waals surface area contributed by atoms with Crippen LogP contribution in [0, 0.1) is 0 Å². The molecule has 15 heavy (non-hydrogen) atoms. The zero-order valence-electron chi connectivity index (χ0n) is 9.02. The molecule has 0 aromatic heterocycles. The van der Waals surface area contributed by atoms with Gasteiger partial charge in [0.05, 0.1) is 5.60 Å². The van der Waals surface area contributed by atoms with Gasteiger partial charge in [-0.15, -0.1) is 0 Å². The predicted octanol–water partition coefficient (Wildman–Crippen LogP) is 1.15. The molecule has 1 unspecified atom stereocenters. The molecule has 1 saturated carbocycles. The summed E-state index contributed by atoms with van der Waals surface area (Å²) in [6.45, 7) is 0.724. The number of rotatable bonds is 5. The van der Waals surface area contributed by atoms with Crippen molar-refractivity contribution in [3.8, 4) is 0 Å². The van der Waals surface area contributed by atoms with E-state index in [0.717, 1.165) is 38.7 Å². The van der Waals surface area contributed by atoms with Crippen molar-refractivity contribution in [2.45, 2.75) is 63.1 Å². The Balaban J connectivity index is 1.60. The van der Waals surface area contributed by atoms with E-state index in [2.05, 4.69) is 0 Å². The maximum atomic E-state index is 9.59. The molecule has 1 heterocycles. The third kappa shape index (κ3) is 3.72. The third-order valence-electron chi connectivity index (χ3n) is 3.13. The fraction of sp³-hybridized carbons (Fsp3) is 1.00. The molecule has 2 atom stereocenters. The molecular formula is C11H20O4. The summed E-state index contributed by atoms with van der Waals surface area (Å²) < 4.78 is 10.7. The maximum absolute atomic E-state index is 9.59. The minimum absolute atomic E-state index is 0.248. The van der Waals surface area contributed by atoms with Gasteiger partial charge in [0.2, 0.25) is 0 Å². The van der Waals surface area contributed by atoms with Gasteiger partial charge in [-0.05, 0) is 38.5 Å². The van der Waals surface area contributed by atoms with Gasteiger partial charge < -0.3 is 19.7 Å². The van der Waals surface area contributed by atoms with Crippen molar-refractivity contribution in [2.24, 2.45) is 0 Å². The molecular weight excluding hydrogens is 196 g/mol. The number of aliphatic hydroxyl groups excluding tert-OH is 1. The van der Waals surface area contributed by atoms with Crippen LogP contribution in [0.25, 0.3) is 0 Å². The quantitative estimate of drug-likeness (QED) is 0.677. The van der Waals surface area contributed by atoms with Crippen LogP contribution in [0.2, 0.25) is 0 Å². The van der Waals surface area contributed by atoms with Crippen molar-refractivity contribution in [1.82, 2.24) is 0 Å². The Kier molecular flexibility index (Phi) is 3.61. The molecule has 4 nitrogen and oxygen atoms in total. The molecule has 0 bridgehead atoms. The van der Waals surface area contributed by atoms with Crippen molar-refractivity contribution in [2.75, 3.05) is 6.61 Å². The van der Waals surface area contributed by atoms with Crippen LogP contribution < -0.4 is 0 Å². The Hall–Kier alpha value is -0.160. The van der Waals surface area contributed by atoms with Crippen LogP contribution in [-0.4, -0.2) is 35.0 Å². The van der Waals surface area contributed by atoms with E-state index in [1.54, 1.807) is 0 Å². The lowest BCUT2D eigenvalue weighted by Gasteiger charge is -2.25. The summed E-state index contributed by atoms with van der Waals surface area (Å²) in [4.78, 5) is 0. The zero-order valence-corrected chi connectivity index (χ0v) is 9.02. The normalized spacial score (nSPS) is 31.2. The SMILES string of the molecule is O[C@H](CCC1(O)CC1)OC1CCCCO1. The Bertz CT molecular complexity index is 197. The summed E-state index contributed by atoms with van der Waals surface area (Å²) in [5.74, 6) is 0. The second-order valence-corrected chi connectivity index (χ2v) is 4.65. The third-order valence-corrected chi connectivity index (χ3v) is 3.13. The molecule has 2 fully saturated rings. The van der Waals surface area contributed by atoms with E-state index in [0.29, 0.717) is 12.8 Å². The Morgan fingerprint density at radius 2 is 2.20 bits per heavy atom. The van der Waals surface area contributed by atoms with E-state index >= 15 is 0 Å². The van der Waals surface area contributed by atoms with Crippen molar-refractivity contribution in [3.05, 3.63) is 0 Å².